The summed E-state index contributed by atoms with van der Waals surface area (Å²) in [4.78, 5) is 0. The molecule has 0 saturated heterocycles. The summed E-state index contributed by atoms with van der Waals surface area (Å²) >= 11 is 0. The molecule has 0 aliphatic heterocycles. The zero-order valence-electron chi connectivity index (χ0n) is 19.3. The van der Waals surface area contributed by atoms with Gasteiger partial charge in [0, 0.05) is 38.9 Å². The fraction of sp³-hybridized carbons (Fsp3) is 0.714. The third kappa shape index (κ3) is 10.9. The minimum Gasteiger partial charge on any atom is -0.492 e. The SMILES string of the molecule is CCOCC(C)COP(=O)(NCCOc1ccc(C(OC)OC)cc1)OC(C)(C)C. The first kappa shape index (κ1) is 27.0. The second-order valence-corrected chi connectivity index (χ2v) is 9.64. The van der Waals surface area contributed by atoms with E-state index in [0.717, 1.165) is 5.56 Å². The molecular weight excluding hydrogens is 409 g/mol. The van der Waals surface area contributed by atoms with Gasteiger partial charge in [-0.2, -0.15) is 0 Å². The number of hydrogen-bond acceptors (Lipinski definition) is 7. The molecule has 0 aromatic heterocycles. The monoisotopic (exact) mass is 447 g/mol. The highest BCUT2D eigenvalue weighted by atomic mass is 31.2. The van der Waals surface area contributed by atoms with Crippen LogP contribution in [0.4, 0.5) is 0 Å². The molecule has 0 saturated carbocycles. The molecule has 0 aliphatic carbocycles. The molecule has 8 nitrogen and oxygen atoms in total. The van der Waals surface area contributed by atoms with E-state index in [1.807, 2.05) is 58.9 Å². The van der Waals surface area contributed by atoms with Crippen LogP contribution in [0.25, 0.3) is 0 Å². The summed E-state index contributed by atoms with van der Waals surface area (Å²) in [5.74, 6) is 0.783. The summed E-state index contributed by atoms with van der Waals surface area (Å²) in [6.45, 7) is 11.4. The smallest absolute Gasteiger partial charge is 0.406 e. The molecule has 1 rings (SSSR count). The van der Waals surface area contributed by atoms with Crippen molar-refractivity contribution in [2.24, 2.45) is 5.92 Å². The van der Waals surface area contributed by atoms with E-state index in [0.29, 0.717) is 32.1 Å². The Morgan fingerprint density at radius 1 is 1.07 bits per heavy atom. The Morgan fingerprint density at radius 2 is 1.70 bits per heavy atom. The Balaban J connectivity index is 2.55. The molecule has 2 atom stereocenters. The number of nitrogens with one attached hydrogen (secondary N) is 1. The number of benzene rings is 1. The molecule has 1 aromatic rings. The van der Waals surface area contributed by atoms with E-state index in [2.05, 4.69) is 5.09 Å². The van der Waals surface area contributed by atoms with Crippen LogP contribution in [-0.4, -0.2) is 52.8 Å². The lowest BCUT2D eigenvalue weighted by Gasteiger charge is -2.28. The number of methoxy groups -OCH3 is 2. The van der Waals surface area contributed by atoms with E-state index in [4.69, 9.17) is 28.0 Å². The maximum Gasteiger partial charge on any atom is 0.406 e. The molecule has 0 bridgehead atoms. The van der Waals surface area contributed by atoms with Gasteiger partial charge in [0.05, 0.1) is 18.8 Å². The fourth-order valence-corrected chi connectivity index (χ4v) is 4.24. The van der Waals surface area contributed by atoms with Gasteiger partial charge in [-0.1, -0.05) is 19.1 Å². The fourth-order valence-electron chi connectivity index (χ4n) is 2.50. The molecule has 2 unspecified atom stereocenters. The lowest BCUT2D eigenvalue weighted by Crippen LogP contribution is -2.28. The third-order valence-corrected chi connectivity index (χ3v) is 5.67. The Hall–Kier alpha value is -0.990. The highest BCUT2D eigenvalue weighted by Gasteiger charge is 2.31. The zero-order valence-corrected chi connectivity index (χ0v) is 20.2. The van der Waals surface area contributed by atoms with E-state index in [-0.39, 0.29) is 12.5 Å². The summed E-state index contributed by atoms with van der Waals surface area (Å²) in [6, 6.07) is 7.41. The summed E-state index contributed by atoms with van der Waals surface area (Å²) in [7, 11) is -0.326. The predicted octanol–water partition coefficient (Wildman–Crippen LogP) is 4.56. The minimum absolute atomic E-state index is 0.0986. The van der Waals surface area contributed by atoms with Gasteiger partial charge in [0.2, 0.25) is 0 Å². The van der Waals surface area contributed by atoms with Crippen LogP contribution in [0.1, 0.15) is 46.5 Å². The Kier molecular flexibility index (Phi) is 12.1. The van der Waals surface area contributed by atoms with Crippen LogP contribution in [0.2, 0.25) is 0 Å². The molecule has 0 fully saturated rings. The van der Waals surface area contributed by atoms with Crippen LogP contribution in [0.5, 0.6) is 5.75 Å². The van der Waals surface area contributed by atoms with E-state index < -0.39 is 19.6 Å². The van der Waals surface area contributed by atoms with Crippen LogP contribution < -0.4 is 9.82 Å². The van der Waals surface area contributed by atoms with Crippen LogP contribution >= 0.6 is 7.75 Å². The first-order valence-corrected chi connectivity index (χ1v) is 11.7. The van der Waals surface area contributed by atoms with Gasteiger partial charge in [-0.15, -0.1) is 0 Å². The molecule has 174 valence electrons. The number of hydrogen-bond donors (Lipinski definition) is 1. The molecule has 0 radical (unpaired) electrons. The summed E-state index contributed by atoms with van der Waals surface area (Å²) < 4.78 is 46.0. The highest BCUT2D eigenvalue weighted by Crippen LogP contribution is 2.47. The number of rotatable bonds is 15. The zero-order chi connectivity index (χ0) is 22.6. The first-order chi connectivity index (χ1) is 14.1. The Labute approximate surface area is 181 Å². The van der Waals surface area contributed by atoms with Gasteiger partial charge in [-0.25, -0.2) is 9.65 Å². The minimum atomic E-state index is -3.50. The van der Waals surface area contributed by atoms with Crippen molar-refractivity contribution in [1.29, 1.82) is 0 Å². The van der Waals surface area contributed by atoms with E-state index in [1.54, 1.807) is 14.2 Å². The molecule has 0 aliphatic rings. The first-order valence-electron chi connectivity index (χ1n) is 10.2. The second-order valence-electron chi connectivity index (χ2n) is 7.89. The van der Waals surface area contributed by atoms with Crippen molar-refractivity contribution in [3.05, 3.63) is 29.8 Å². The summed E-state index contributed by atoms with van der Waals surface area (Å²) in [6.07, 6.45) is -0.414. The van der Waals surface area contributed by atoms with Gasteiger partial charge in [-0.05, 0) is 39.8 Å². The van der Waals surface area contributed by atoms with Crippen LogP contribution in [0.15, 0.2) is 24.3 Å². The molecule has 9 heteroatoms. The molecule has 0 amide bonds. The maximum absolute atomic E-state index is 13.1. The molecule has 0 heterocycles. The van der Waals surface area contributed by atoms with Crippen LogP contribution in [0.3, 0.4) is 0 Å². The lowest BCUT2D eigenvalue weighted by atomic mass is 10.2. The molecule has 1 N–H and O–H groups in total. The van der Waals surface area contributed by atoms with Crippen molar-refractivity contribution >= 4 is 7.75 Å². The van der Waals surface area contributed by atoms with Gasteiger partial charge < -0.3 is 18.9 Å². The van der Waals surface area contributed by atoms with E-state index in [9.17, 15) is 4.57 Å². The van der Waals surface area contributed by atoms with Crippen LogP contribution in [0, 0.1) is 5.92 Å². The number of ether oxygens (including phenoxy) is 4. The van der Waals surface area contributed by atoms with Crippen molar-refractivity contribution < 1.29 is 32.6 Å². The van der Waals surface area contributed by atoms with Gasteiger partial charge in [0.1, 0.15) is 12.4 Å². The standard InChI is InChI=1S/C21H38NO7P/c1-8-26-15-17(2)16-28-30(23,29-21(3,4)5)22-13-14-27-19-11-9-18(10-12-19)20(24-6)25-7/h9-12,17,20H,8,13-16H2,1-7H3,(H,22,23). The summed E-state index contributed by atoms with van der Waals surface area (Å²) in [5, 5.41) is 2.89. The maximum atomic E-state index is 13.1. The van der Waals surface area contributed by atoms with Crippen molar-refractivity contribution in [2.75, 3.05) is 47.2 Å². The predicted molar refractivity (Wildman–Crippen MR) is 117 cm³/mol. The van der Waals surface area contributed by atoms with Crippen molar-refractivity contribution in [3.8, 4) is 5.75 Å². The van der Waals surface area contributed by atoms with Gasteiger partial charge >= 0.3 is 7.75 Å². The molecule has 30 heavy (non-hydrogen) atoms. The second kappa shape index (κ2) is 13.4. The molecular formula is C21H38NO7P. The van der Waals surface area contributed by atoms with E-state index in [1.165, 1.54) is 0 Å². The van der Waals surface area contributed by atoms with Crippen molar-refractivity contribution in [3.63, 3.8) is 0 Å². The van der Waals surface area contributed by atoms with Crippen molar-refractivity contribution in [1.82, 2.24) is 5.09 Å². The topological polar surface area (TPSA) is 84.5 Å². The van der Waals surface area contributed by atoms with Gasteiger partial charge in [0.15, 0.2) is 6.29 Å². The molecule has 1 aromatic carbocycles. The van der Waals surface area contributed by atoms with E-state index >= 15 is 0 Å². The normalized spacial score (nSPS) is 15.2. The summed E-state index contributed by atoms with van der Waals surface area (Å²) in [5.41, 5.74) is 0.268. The highest BCUT2D eigenvalue weighted by molar-refractivity contribution is 7.51. The third-order valence-electron chi connectivity index (χ3n) is 3.79. The van der Waals surface area contributed by atoms with Crippen molar-refractivity contribution in [2.45, 2.75) is 46.5 Å². The van der Waals surface area contributed by atoms with Gasteiger partial charge in [0.25, 0.3) is 0 Å². The average Bonchev–Trinajstić information content (AvgIpc) is 2.69. The van der Waals surface area contributed by atoms with Crippen LogP contribution in [-0.2, 0) is 27.8 Å². The Morgan fingerprint density at radius 3 is 2.23 bits per heavy atom. The van der Waals surface area contributed by atoms with Gasteiger partial charge in [-0.3, -0.25) is 9.05 Å². The average molecular weight is 448 g/mol. The largest absolute Gasteiger partial charge is 0.492 e. The quantitative estimate of drug-likeness (QED) is 0.238. The lowest BCUT2D eigenvalue weighted by molar-refractivity contribution is -0.106. The molecule has 0 spiro atoms. The Bertz CT molecular complexity index is 629.